The highest BCUT2D eigenvalue weighted by molar-refractivity contribution is 7.20. The molecule has 3 aromatic heterocycles. The zero-order valence-electron chi connectivity index (χ0n) is 17.5. The van der Waals surface area contributed by atoms with Crippen LogP contribution in [0.5, 0.6) is 5.88 Å². The first kappa shape index (κ1) is 21.6. The molecule has 1 N–H and O–H groups in total. The zero-order chi connectivity index (χ0) is 22.0. The highest BCUT2D eigenvalue weighted by atomic mass is 32.1. The molecular weight excluding hydrogens is 438 g/mol. The summed E-state index contributed by atoms with van der Waals surface area (Å²) in [6, 6.07) is 0. The fourth-order valence-electron chi connectivity index (χ4n) is 3.70. The number of hydrogen-bond acceptors (Lipinski definition) is 9. The number of nitrogens with zero attached hydrogens (tertiary/aromatic N) is 4. The van der Waals surface area contributed by atoms with Gasteiger partial charge in [-0.1, -0.05) is 0 Å². The van der Waals surface area contributed by atoms with Gasteiger partial charge in [-0.05, 0) is 25.3 Å². The molecule has 1 saturated heterocycles. The smallest absolute Gasteiger partial charge is 0.264 e. The molecule has 0 spiro atoms. The van der Waals surface area contributed by atoms with Gasteiger partial charge in [0.25, 0.3) is 5.91 Å². The van der Waals surface area contributed by atoms with Crippen LogP contribution in [0, 0.1) is 12.8 Å². The highest BCUT2D eigenvalue weighted by Crippen LogP contribution is 2.36. The van der Waals surface area contributed by atoms with Crippen molar-refractivity contribution in [2.24, 2.45) is 5.92 Å². The largest absolute Gasteiger partial charge is 0.480 e. The number of hydrogen-bond donors (Lipinski definition) is 1. The van der Waals surface area contributed by atoms with Gasteiger partial charge in [-0.15, -0.1) is 22.7 Å². The minimum Gasteiger partial charge on any atom is -0.480 e. The van der Waals surface area contributed by atoms with E-state index in [4.69, 9.17) is 9.47 Å². The predicted molar refractivity (Wildman–Crippen MR) is 119 cm³/mol. The van der Waals surface area contributed by atoms with E-state index in [0.717, 1.165) is 23.8 Å². The number of aryl methyl sites for hydroxylation is 1. The van der Waals surface area contributed by atoms with E-state index in [1.54, 1.807) is 25.3 Å². The van der Waals surface area contributed by atoms with Gasteiger partial charge in [0.15, 0.2) is 11.0 Å². The third kappa shape index (κ3) is 4.39. The Kier molecular flexibility index (Phi) is 6.44. The number of ether oxygens (including phenoxy) is 2. The summed E-state index contributed by atoms with van der Waals surface area (Å²) in [6.07, 6.45) is 3.16. The molecule has 4 rings (SSSR count). The number of piperidine rings is 1. The number of anilines is 1. The molecule has 1 unspecified atom stereocenters. The van der Waals surface area contributed by atoms with Gasteiger partial charge in [-0.2, -0.15) is 4.98 Å². The normalized spacial score (nSPS) is 16.5. The van der Waals surface area contributed by atoms with Crippen LogP contribution in [0.25, 0.3) is 10.2 Å². The summed E-state index contributed by atoms with van der Waals surface area (Å²) in [5, 5.41) is 5.97. The van der Waals surface area contributed by atoms with E-state index in [-0.39, 0.29) is 24.3 Å². The lowest BCUT2D eigenvalue weighted by molar-refractivity contribution is -0.121. The first-order chi connectivity index (χ1) is 15.0. The summed E-state index contributed by atoms with van der Waals surface area (Å²) in [5.74, 6) is 0.479. The number of methoxy groups -OCH3 is 2. The fraction of sp³-hybridized carbons (Fsp3) is 0.450. The molecule has 9 nitrogen and oxygen atoms in total. The van der Waals surface area contributed by atoms with Crippen LogP contribution in [0.1, 0.15) is 33.9 Å². The van der Waals surface area contributed by atoms with Crippen LogP contribution in [0.4, 0.5) is 5.13 Å². The van der Waals surface area contributed by atoms with E-state index < -0.39 is 0 Å². The van der Waals surface area contributed by atoms with Crippen LogP contribution in [0.3, 0.4) is 0 Å². The summed E-state index contributed by atoms with van der Waals surface area (Å²) in [5.41, 5.74) is 0.792. The number of carbonyl (C=O) groups excluding carboxylic acids is 2. The summed E-state index contributed by atoms with van der Waals surface area (Å²) in [6.45, 7) is 3.13. The summed E-state index contributed by atoms with van der Waals surface area (Å²) in [7, 11) is 3.12. The standard InChI is InChI=1S/C20H23N5O4S2/c1-11-14-17(29-3)22-13(10-28-2)23-18(14)31-15(11)19(27)25-7-4-5-12(9-25)16(26)24-20-21-6-8-30-20/h6,8,12H,4-5,7,9-10H2,1-3H3,(H,21,24,26). The molecule has 0 aliphatic carbocycles. The van der Waals surface area contributed by atoms with E-state index >= 15 is 0 Å². The second-order valence-corrected chi connectivity index (χ2v) is 9.13. The topological polar surface area (TPSA) is 107 Å². The molecule has 0 aromatic carbocycles. The number of aromatic nitrogens is 3. The molecule has 1 aliphatic heterocycles. The molecule has 11 heteroatoms. The number of carbonyl (C=O) groups is 2. The molecule has 1 atom stereocenters. The summed E-state index contributed by atoms with van der Waals surface area (Å²) >= 11 is 2.70. The van der Waals surface area contributed by atoms with Gasteiger partial charge in [-0.3, -0.25) is 9.59 Å². The fourth-order valence-corrected chi connectivity index (χ4v) is 5.39. The first-order valence-corrected chi connectivity index (χ1v) is 11.5. The number of likely N-dealkylation sites (tertiary alicyclic amines) is 1. The lowest BCUT2D eigenvalue weighted by Crippen LogP contribution is -2.43. The zero-order valence-corrected chi connectivity index (χ0v) is 19.1. The molecule has 0 radical (unpaired) electrons. The Morgan fingerprint density at radius 1 is 1.32 bits per heavy atom. The maximum Gasteiger partial charge on any atom is 0.264 e. The lowest BCUT2D eigenvalue weighted by atomic mass is 9.97. The number of rotatable bonds is 6. The van der Waals surface area contributed by atoms with Gasteiger partial charge >= 0.3 is 0 Å². The Bertz CT molecular complexity index is 1100. The van der Waals surface area contributed by atoms with Crippen LogP contribution in [0.2, 0.25) is 0 Å². The van der Waals surface area contributed by atoms with E-state index in [0.29, 0.717) is 39.6 Å². The van der Waals surface area contributed by atoms with Crippen LogP contribution in [-0.2, 0) is 16.1 Å². The third-order valence-corrected chi connectivity index (χ3v) is 7.07. The first-order valence-electron chi connectivity index (χ1n) is 9.84. The Labute approximate surface area is 187 Å². The molecule has 164 valence electrons. The average Bonchev–Trinajstić information content (AvgIpc) is 3.41. The molecule has 4 heterocycles. The molecule has 3 aromatic rings. The van der Waals surface area contributed by atoms with Crippen molar-refractivity contribution in [3.05, 3.63) is 27.8 Å². The van der Waals surface area contributed by atoms with E-state index in [1.165, 1.54) is 22.7 Å². The lowest BCUT2D eigenvalue weighted by Gasteiger charge is -2.31. The number of thiazole rings is 1. The van der Waals surface area contributed by atoms with Crippen molar-refractivity contribution in [2.45, 2.75) is 26.4 Å². The summed E-state index contributed by atoms with van der Waals surface area (Å²) in [4.78, 5) is 42.1. The molecule has 0 saturated carbocycles. The third-order valence-electron chi connectivity index (χ3n) is 5.21. The molecule has 0 bridgehead atoms. The Morgan fingerprint density at radius 3 is 2.87 bits per heavy atom. The Hall–Kier alpha value is -2.63. The van der Waals surface area contributed by atoms with Crippen LogP contribution in [-0.4, -0.2) is 59.0 Å². The van der Waals surface area contributed by atoms with Crippen molar-refractivity contribution in [3.8, 4) is 5.88 Å². The minimum atomic E-state index is -0.265. The van der Waals surface area contributed by atoms with Crippen LogP contribution >= 0.6 is 22.7 Å². The van der Waals surface area contributed by atoms with Gasteiger partial charge in [0, 0.05) is 31.8 Å². The maximum absolute atomic E-state index is 13.4. The Morgan fingerprint density at radius 2 is 2.16 bits per heavy atom. The maximum atomic E-state index is 13.4. The average molecular weight is 462 g/mol. The van der Waals surface area contributed by atoms with Crippen molar-refractivity contribution in [3.63, 3.8) is 0 Å². The molecule has 31 heavy (non-hydrogen) atoms. The van der Waals surface area contributed by atoms with Crippen molar-refractivity contribution >= 4 is 49.8 Å². The quantitative estimate of drug-likeness (QED) is 0.601. The van der Waals surface area contributed by atoms with Gasteiger partial charge < -0.3 is 19.7 Å². The van der Waals surface area contributed by atoms with Gasteiger partial charge in [0.1, 0.15) is 11.4 Å². The van der Waals surface area contributed by atoms with Gasteiger partial charge in [0.2, 0.25) is 11.8 Å². The van der Waals surface area contributed by atoms with Crippen LogP contribution in [0.15, 0.2) is 11.6 Å². The molecular formula is C20H23N5O4S2. The number of thiophene rings is 1. The number of nitrogens with one attached hydrogen (secondary N) is 1. The van der Waals surface area contributed by atoms with E-state index in [1.807, 2.05) is 12.3 Å². The number of amides is 2. The van der Waals surface area contributed by atoms with Crippen molar-refractivity contribution in [2.75, 3.05) is 32.6 Å². The Balaban J connectivity index is 1.57. The van der Waals surface area contributed by atoms with Crippen molar-refractivity contribution in [1.82, 2.24) is 19.9 Å². The van der Waals surface area contributed by atoms with Crippen LogP contribution < -0.4 is 10.1 Å². The second-order valence-electron chi connectivity index (χ2n) is 7.24. The molecule has 2 amide bonds. The van der Waals surface area contributed by atoms with E-state index in [9.17, 15) is 9.59 Å². The minimum absolute atomic E-state index is 0.0948. The molecule has 1 fully saturated rings. The van der Waals surface area contributed by atoms with Crippen molar-refractivity contribution in [1.29, 1.82) is 0 Å². The predicted octanol–water partition coefficient (Wildman–Crippen LogP) is 3.10. The van der Waals surface area contributed by atoms with Gasteiger partial charge in [0.05, 0.1) is 23.3 Å². The second kappa shape index (κ2) is 9.25. The summed E-state index contributed by atoms with van der Waals surface area (Å²) < 4.78 is 10.6. The van der Waals surface area contributed by atoms with Crippen molar-refractivity contribution < 1.29 is 19.1 Å². The highest BCUT2D eigenvalue weighted by Gasteiger charge is 2.31. The van der Waals surface area contributed by atoms with E-state index in [2.05, 4.69) is 20.3 Å². The van der Waals surface area contributed by atoms with Gasteiger partial charge in [-0.25, -0.2) is 9.97 Å². The number of fused-ring (bicyclic) bond motifs is 1. The molecule has 1 aliphatic rings. The monoisotopic (exact) mass is 461 g/mol. The SMILES string of the molecule is COCc1nc(OC)c2c(C)c(C(=O)N3CCCC(C(=O)Nc4nccs4)C3)sc2n1.